The van der Waals surface area contributed by atoms with Crippen LogP contribution < -0.4 is 0 Å². The van der Waals surface area contributed by atoms with Crippen LogP contribution in [0.5, 0.6) is 0 Å². The summed E-state index contributed by atoms with van der Waals surface area (Å²) in [5, 5.41) is 0. The number of thiocarbonyl (C=S) groups is 1. The average Bonchev–Trinajstić information content (AvgIpc) is 3.01. The lowest BCUT2D eigenvalue weighted by atomic mass is 10.2. The SMILES string of the molecule is O=C1/C(=C\N2CCOCC2)SC(=S)N1C1CCCC1. The van der Waals surface area contributed by atoms with Crippen LogP contribution >= 0.6 is 24.0 Å². The van der Waals surface area contributed by atoms with Crippen LogP contribution in [0, 0.1) is 0 Å². The minimum Gasteiger partial charge on any atom is -0.378 e. The molecular formula is C13H18N2O2S2. The minimum absolute atomic E-state index is 0.105. The Morgan fingerprint density at radius 1 is 1.26 bits per heavy atom. The van der Waals surface area contributed by atoms with Gasteiger partial charge in [-0.1, -0.05) is 36.8 Å². The maximum Gasteiger partial charge on any atom is 0.267 e. The van der Waals surface area contributed by atoms with Gasteiger partial charge in [-0.25, -0.2) is 0 Å². The number of hydrogen-bond donors (Lipinski definition) is 0. The monoisotopic (exact) mass is 298 g/mol. The highest BCUT2D eigenvalue weighted by Crippen LogP contribution is 2.37. The van der Waals surface area contributed by atoms with E-state index in [1.165, 1.54) is 24.6 Å². The molecule has 2 aliphatic heterocycles. The molecule has 0 atom stereocenters. The predicted molar refractivity (Wildman–Crippen MR) is 79.8 cm³/mol. The zero-order valence-corrected chi connectivity index (χ0v) is 12.5. The maximum absolute atomic E-state index is 12.5. The Balaban J connectivity index is 1.72. The Kier molecular flexibility index (Phi) is 4.10. The van der Waals surface area contributed by atoms with Gasteiger partial charge < -0.3 is 9.64 Å². The van der Waals surface area contributed by atoms with Crippen LogP contribution in [0.3, 0.4) is 0 Å². The number of ether oxygens (including phenoxy) is 1. The lowest BCUT2D eigenvalue weighted by Gasteiger charge is -2.25. The first-order valence-corrected chi connectivity index (χ1v) is 8.07. The number of nitrogens with zero attached hydrogens (tertiary/aromatic N) is 2. The van der Waals surface area contributed by atoms with Gasteiger partial charge in [-0.3, -0.25) is 9.69 Å². The number of hydrogen-bond acceptors (Lipinski definition) is 5. The summed E-state index contributed by atoms with van der Waals surface area (Å²) >= 11 is 6.83. The topological polar surface area (TPSA) is 32.8 Å². The molecule has 4 nitrogen and oxygen atoms in total. The molecular weight excluding hydrogens is 280 g/mol. The molecule has 19 heavy (non-hydrogen) atoms. The van der Waals surface area contributed by atoms with Gasteiger partial charge in [0.05, 0.1) is 18.1 Å². The molecule has 2 heterocycles. The Labute approximate surface area is 123 Å². The van der Waals surface area contributed by atoms with Crippen molar-refractivity contribution in [3.8, 4) is 0 Å². The first kappa shape index (κ1) is 13.4. The van der Waals surface area contributed by atoms with Crippen molar-refractivity contribution in [1.29, 1.82) is 0 Å². The van der Waals surface area contributed by atoms with E-state index < -0.39 is 0 Å². The quantitative estimate of drug-likeness (QED) is 0.575. The largest absolute Gasteiger partial charge is 0.378 e. The summed E-state index contributed by atoms with van der Waals surface area (Å²) in [5.74, 6) is 0.105. The maximum atomic E-state index is 12.5. The molecule has 1 amide bonds. The van der Waals surface area contributed by atoms with Gasteiger partial charge in [-0.15, -0.1) is 0 Å². The predicted octanol–water partition coefficient (Wildman–Crippen LogP) is 1.96. The van der Waals surface area contributed by atoms with E-state index in [1.54, 1.807) is 0 Å². The second kappa shape index (κ2) is 5.81. The molecule has 0 spiro atoms. The molecule has 0 radical (unpaired) electrons. The summed E-state index contributed by atoms with van der Waals surface area (Å²) in [6.07, 6.45) is 6.58. The number of carbonyl (C=O) groups is 1. The van der Waals surface area contributed by atoms with Crippen LogP contribution in [0.1, 0.15) is 25.7 Å². The third kappa shape index (κ3) is 2.80. The van der Waals surface area contributed by atoms with Crippen LogP contribution in [-0.2, 0) is 9.53 Å². The Morgan fingerprint density at radius 2 is 1.95 bits per heavy atom. The van der Waals surface area contributed by atoms with E-state index in [0.717, 1.165) is 48.4 Å². The fourth-order valence-corrected chi connectivity index (χ4v) is 4.23. The van der Waals surface area contributed by atoms with Gasteiger partial charge in [-0.05, 0) is 12.8 Å². The number of amides is 1. The third-order valence-electron chi connectivity index (χ3n) is 3.86. The van der Waals surface area contributed by atoms with Crippen molar-refractivity contribution in [2.24, 2.45) is 0 Å². The lowest BCUT2D eigenvalue weighted by molar-refractivity contribution is -0.123. The van der Waals surface area contributed by atoms with Crippen LogP contribution in [0.4, 0.5) is 0 Å². The van der Waals surface area contributed by atoms with Crippen LogP contribution in [0.2, 0.25) is 0 Å². The van der Waals surface area contributed by atoms with Crippen LogP contribution in [0.25, 0.3) is 0 Å². The molecule has 3 fully saturated rings. The second-order valence-corrected chi connectivity index (χ2v) is 6.80. The molecule has 0 N–H and O–H groups in total. The molecule has 0 aromatic heterocycles. The lowest BCUT2D eigenvalue weighted by Crippen LogP contribution is -2.37. The Hall–Kier alpha value is -0.590. The van der Waals surface area contributed by atoms with Crippen molar-refractivity contribution in [3.05, 3.63) is 11.1 Å². The van der Waals surface area contributed by atoms with Crippen molar-refractivity contribution >= 4 is 34.2 Å². The van der Waals surface area contributed by atoms with Gasteiger partial charge in [0.1, 0.15) is 4.32 Å². The van der Waals surface area contributed by atoms with Crippen LogP contribution in [-0.4, -0.2) is 52.4 Å². The van der Waals surface area contributed by atoms with E-state index >= 15 is 0 Å². The molecule has 3 rings (SSSR count). The Bertz CT molecular complexity index is 413. The zero-order valence-electron chi connectivity index (χ0n) is 10.8. The normalized spacial score (nSPS) is 27.9. The summed E-state index contributed by atoms with van der Waals surface area (Å²) in [6.45, 7) is 3.18. The summed E-state index contributed by atoms with van der Waals surface area (Å²) in [5.41, 5.74) is 0. The van der Waals surface area contributed by atoms with E-state index in [4.69, 9.17) is 17.0 Å². The van der Waals surface area contributed by atoms with Gasteiger partial charge >= 0.3 is 0 Å². The summed E-state index contributed by atoms with van der Waals surface area (Å²) in [4.78, 5) is 17.2. The van der Waals surface area contributed by atoms with Gasteiger partial charge in [0.25, 0.3) is 5.91 Å². The molecule has 1 saturated carbocycles. The molecule has 0 unspecified atom stereocenters. The summed E-state index contributed by atoms with van der Waals surface area (Å²) in [6, 6.07) is 0.336. The van der Waals surface area contributed by atoms with Crippen molar-refractivity contribution in [2.75, 3.05) is 26.3 Å². The smallest absolute Gasteiger partial charge is 0.267 e. The Morgan fingerprint density at radius 3 is 2.63 bits per heavy atom. The van der Waals surface area contributed by atoms with E-state index in [-0.39, 0.29) is 5.91 Å². The van der Waals surface area contributed by atoms with E-state index in [1.807, 2.05) is 11.1 Å². The van der Waals surface area contributed by atoms with Crippen molar-refractivity contribution in [1.82, 2.24) is 9.80 Å². The zero-order chi connectivity index (χ0) is 13.2. The number of rotatable bonds is 2. The molecule has 1 aliphatic carbocycles. The second-order valence-electron chi connectivity index (χ2n) is 5.12. The van der Waals surface area contributed by atoms with Crippen LogP contribution in [0.15, 0.2) is 11.1 Å². The molecule has 104 valence electrons. The first-order chi connectivity index (χ1) is 9.25. The fourth-order valence-electron chi connectivity index (χ4n) is 2.82. The van der Waals surface area contributed by atoms with Crippen molar-refractivity contribution < 1.29 is 9.53 Å². The van der Waals surface area contributed by atoms with Gasteiger partial charge in [-0.2, -0.15) is 0 Å². The molecule has 2 saturated heterocycles. The summed E-state index contributed by atoms with van der Waals surface area (Å²) in [7, 11) is 0. The molecule has 3 aliphatic rings. The van der Waals surface area contributed by atoms with Gasteiger partial charge in [0.15, 0.2) is 0 Å². The van der Waals surface area contributed by atoms with E-state index in [2.05, 4.69) is 4.90 Å². The summed E-state index contributed by atoms with van der Waals surface area (Å²) < 4.78 is 6.05. The van der Waals surface area contributed by atoms with Crippen molar-refractivity contribution in [2.45, 2.75) is 31.7 Å². The molecule has 0 aromatic carbocycles. The highest BCUT2D eigenvalue weighted by molar-refractivity contribution is 8.26. The highest BCUT2D eigenvalue weighted by atomic mass is 32.2. The standard InChI is InChI=1S/C13H18N2O2S2/c16-12-11(9-14-5-7-17-8-6-14)19-13(18)15(12)10-3-1-2-4-10/h9-10H,1-8H2/b11-9+. The van der Waals surface area contributed by atoms with E-state index in [0.29, 0.717) is 6.04 Å². The van der Waals surface area contributed by atoms with Gasteiger partial charge in [0, 0.05) is 25.3 Å². The molecule has 0 bridgehead atoms. The molecule has 0 aromatic rings. The highest BCUT2D eigenvalue weighted by Gasteiger charge is 2.38. The number of morpholine rings is 1. The number of thioether (sulfide) groups is 1. The minimum atomic E-state index is 0.105. The molecule has 6 heteroatoms. The first-order valence-electron chi connectivity index (χ1n) is 6.85. The number of carbonyl (C=O) groups excluding carboxylic acids is 1. The fraction of sp³-hybridized carbons (Fsp3) is 0.692. The van der Waals surface area contributed by atoms with E-state index in [9.17, 15) is 4.79 Å². The van der Waals surface area contributed by atoms with Gasteiger partial charge in [0.2, 0.25) is 0 Å². The van der Waals surface area contributed by atoms with Crippen molar-refractivity contribution in [3.63, 3.8) is 0 Å². The average molecular weight is 298 g/mol. The third-order valence-corrected chi connectivity index (χ3v) is 5.18.